The lowest BCUT2D eigenvalue weighted by Crippen LogP contribution is -2.51. The number of fused-ring (bicyclic) bond motifs is 3. The summed E-state index contributed by atoms with van der Waals surface area (Å²) in [6.45, 7) is -0.450. The fraction of sp³-hybridized carbons (Fsp3) is 0.259. The Kier molecular flexibility index (Phi) is 6.06. The number of hydrogen-bond acceptors (Lipinski definition) is 8. The molecular weight excluding hydrogens is 585 g/mol. The zero-order valence-electron chi connectivity index (χ0n) is 21.9. The lowest BCUT2D eigenvalue weighted by Gasteiger charge is -2.31. The van der Waals surface area contributed by atoms with E-state index in [4.69, 9.17) is 10.5 Å². The van der Waals surface area contributed by atoms with Gasteiger partial charge in [0, 0.05) is 23.5 Å². The van der Waals surface area contributed by atoms with Crippen LogP contribution in [-0.4, -0.2) is 57.5 Å². The summed E-state index contributed by atoms with van der Waals surface area (Å²) < 4.78 is 85.7. The smallest absolute Gasteiger partial charge is 0.489 e. The number of aromatic amines is 1. The van der Waals surface area contributed by atoms with E-state index >= 15 is 0 Å². The Hall–Kier alpha value is -4.99. The number of H-pyrrole nitrogens is 1. The number of aromatic nitrogens is 3. The third-order valence-corrected chi connectivity index (χ3v) is 7.38. The standard InChI is InChI=1S/C27H20F5N5O6/c1-24(23(33)39)11-41-21-14(24)9-18(37-19(21)12-2-3-16-17(8-12)43-27(31,32)42-16)25(40,26(28,29)30)10-36-22(38)13-4-6-34-15-5-7-35-20(13)15/h2-9,35,40H,10-11H2,1H3,(H2,33,39)(H,36,38)/t24-,25?/m0/s1. The first kappa shape index (κ1) is 28.1. The molecule has 16 heteroatoms. The van der Waals surface area contributed by atoms with Gasteiger partial charge in [-0.1, -0.05) is 0 Å². The quantitative estimate of drug-likeness (QED) is 0.244. The molecule has 5 heterocycles. The van der Waals surface area contributed by atoms with E-state index in [2.05, 4.69) is 29.7 Å². The number of benzene rings is 1. The molecule has 5 N–H and O–H groups in total. The van der Waals surface area contributed by atoms with Gasteiger partial charge in [0.05, 0.1) is 28.8 Å². The van der Waals surface area contributed by atoms with Crippen molar-refractivity contribution in [3.63, 3.8) is 0 Å². The van der Waals surface area contributed by atoms with Gasteiger partial charge in [0.25, 0.3) is 5.91 Å². The molecule has 0 bridgehead atoms. The second-order valence-electron chi connectivity index (χ2n) is 10.2. The summed E-state index contributed by atoms with van der Waals surface area (Å²) in [5.74, 6) is -2.84. The summed E-state index contributed by atoms with van der Waals surface area (Å²) >= 11 is 0. The van der Waals surface area contributed by atoms with Crippen molar-refractivity contribution in [2.45, 2.75) is 30.4 Å². The topological polar surface area (TPSA) is 162 Å². The highest BCUT2D eigenvalue weighted by molar-refractivity contribution is 6.04. The molecule has 0 saturated heterocycles. The third kappa shape index (κ3) is 4.45. The first-order valence-electron chi connectivity index (χ1n) is 12.5. The fourth-order valence-corrected chi connectivity index (χ4v) is 4.88. The Morgan fingerprint density at radius 3 is 2.60 bits per heavy atom. The molecule has 0 saturated carbocycles. The van der Waals surface area contributed by atoms with Crippen LogP contribution in [-0.2, 0) is 15.8 Å². The monoisotopic (exact) mass is 605 g/mol. The number of nitrogens with one attached hydrogen (secondary N) is 2. The van der Waals surface area contributed by atoms with Gasteiger partial charge >= 0.3 is 12.5 Å². The number of amides is 2. The normalized spacial score (nSPS) is 19.9. The maximum Gasteiger partial charge on any atom is 0.586 e. The average Bonchev–Trinajstić information content (AvgIpc) is 3.64. The molecular formula is C27H20F5N5O6. The number of carbonyl (C=O) groups excluding carboxylic acids is 2. The number of hydrogen-bond donors (Lipinski definition) is 4. The molecule has 0 radical (unpaired) electrons. The average molecular weight is 605 g/mol. The third-order valence-electron chi connectivity index (χ3n) is 7.38. The van der Waals surface area contributed by atoms with Crippen molar-refractivity contribution in [2.24, 2.45) is 5.73 Å². The summed E-state index contributed by atoms with van der Waals surface area (Å²) in [4.78, 5) is 36.3. The molecule has 2 atom stereocenters. The highest BCUT2D eigenvalue weighted by Gasteiger charge is 2.58. The molecule has 4 aromatic rings. The second-order valence-corrected chi connectivity index (χ2v) is 10.2. The Morgan fingerprint density at radius 2 is 1.88 bits per heavy atom. The molecule has 0 fully saturated rings. The minimum atomic E-state index is -5.42. The Labute approximate surface area is 237 Å². The molecule has 2 aliphatic heterocycles. The highest BCUT2D eigenvalue weighted by atomic mass is 19.4. The molecule has 0 spiro atoms. The molecule has 2 aliphatic rings. The molecule has 1 unspecified atom stereocenters. The lowest BCUT2D eigenvalue weighted by atomic mass is 9.81. The van der Waals surface area contributed by atoms with Crippen LogP contribution in [0, 0.1) is 0 Å². The number of halogens is 5. The van der Waals surface area contributed by atoms with Crippen LogP contribution >= 0.6 is 0 Å². The minimum absolute atomic E-state index is 0.0333. The number of nitrogens with zero attached hydrogens (tertiary/aromatic N) is 2. The van der Waals surface area contributed by atoms with Crippen molar-refractivity contribution < 1.29 is 50.9 Å². The molecule has 224 valence electrons. The summed E-state index contributed by atoms with van der Waals surface area (Å²) in [5, 5.41) is 13.3. The Bertz CT molecular complexity index is 1810. The van der Waals surface area contributed by atoms with Crippen LogP contribution in [0.3, 0.4) is 0 Å². The van der Waals surface area contributed by atoms with Crippen LogP contribution in [0.5, 0.6) is 17.2 Å². The van der Waals surface area contributed by atoms with Gasteiger partial charge in [-0.15, -0.1) is 8.78 Å². The van der Waals surface area contributed by atoms with Crippen LogP contribution in [0.25, 0.3) is 22.3 Å². The molecule has 2 amide bonds. The van der Waals surface area contributed by atoms with Gasteiger partial charge in [0.1, 0.15) is 23.5 Å². The number of aliphatic hydroxyl groups is 1. The lowest BCUT2D eigenvalue weighted by molar-refractivity contribution is -0.286. The van der Waals surface area contributed by atoms with E-state index in [0.717, 1.165) is 18.2 Å². The van der Waals surface area contributed by atoms with E-state index in [9.17, 15) is 36.6 Å². The van der Waals surface area contributed by atoms with Gasteiger partial charge in [0.2, 0.25) is 11.5 Å². The summed E-state index contributed by atoms with van der Waals surface area (Å²) in [6, 6.07) is 6.99. The first-order valence-corrected chi connectivity index (χ1v) is 12.5. The molecule has 1 aromatic carbocycles. The predicted molar refractivity (Wildman–Crippen MR) is 136 cm³/mol. The Balaban J connectivity index is 1.46. The number of pyridine rings is 2. The number of carbonyl (C=O) groups is 2. The van der Waals surface area contributed by atoms with E-state index in [-0.39, 0.29) is 46.0 Å². The van der Waals surface area contributed by atoms with Gasteiger partial charge in [0.15, 0.2) is 11.5 Å². The van der Waals surface area contributed by atoms with Crippen molar-refractivity contribution >= 4 is 22.8 Å². The van der Waals surface area contributed by atoms with Crippen LogP contribution < -0.4 is 25.3 Å². The molecule has 6 rings (SSSR count). The molecule has 3 aromatic heterocycles. The number of rotatable bonds is 6. The highest BCUT2D eigenvalue weighted by Crippen LogP contribution is 2.49. The zero-order chi connectivity index (χ0) is 30.9. The fourth-order valence-electron chi connectivity index (χ4n) is 4.88. The van der Waals surface area contributed by atoms with Crippen molar-refractivity contribution in [1.29, 1.82) is 0 Å². The number of ether oxygens (including phenoxy) is 3. The minimum Gasteiger partial charge on any atom is -0.489 e. The SMILES string of the molecule is C[C@]1(C(N)=O)COc2c1cc(C(O)(CNC(=O)c1ccnc3cc[nH]c13)C(F)(F)F)nc2-c1ccc2c(c1)OC(F)(F)O2. The van der Waals surface area contributed by atoms with Gasteiger partial charge in [-0.25, -0.2) is 4.98 Å². The molecule has 0 aliphatic carbocycles. The second kappa shape index (κ2) is 9.26. The molecule has 43 heavy (non-hydrogen) atoms. The summed E-state index contributed by atoms with van der Waals surface area (Å²) in [5.41, 5.74) is -0.835. The van der Waals surface area contributed by atoms with Crippen molar-refractivity contribution in [1.82, 2.24) is 20.3 Å². The van der Waals surface area contributed by atoms with E-state index in [1.165, 1.54) is 31.5 Å². The van der Waals surface area contributed by atoms with Crippen molar-refractivity contribution in [2.75, 3.05) is 13.2 Å². The zero-order valence-corrected chi connectivity index (χ0v) is 21.9. The van der Waals surface area contributed by atoms with E-state index in [1.54, 1.807) is 6.07 Å². The largest absolute Gasteiger partial charge is 0.586 e. The number of nitrogens with two attached hydrogens (primary N) is 1. The Morgan fingerprint density at radius 1 is 1.14 bits per heavy atom. The van der Waals surface area contributed by atoms with Gasteiger partial charge < -0.3 is 35.4 Å². The van der Waals surface area contributed by atoms with Crippen LogP contribution in [0.4, 0.5) is 22.0 Å². The molecule has 11 nitrogen and oxygen atoms in total. The van der Waals surface area contributed by atoms with Gasteiger partial charge in [-0.3, -0.25) is 14.6 Å². The van der Waals surface area contributed by atoms with E-state index in [1.807, 2.05) is 0 Å². The van der Waals surface area contributed by atoms with E-state index in [0.29, 0.717) is 5.52 Å². The van der Waals surface area contributed by atoms with Crippen molar-refractivity contribution in [3.8, 4) is 28.5 Å². The predicted octanol–water partition coefficient (Wildman–Crippen LogP) is 3.26. The number of primary amides is 1. The maximum atomic E-state index is 14.6. The van der Waals surface area contributed by atoms with Gasteiger partial charge in [-0.05, 0) is 43.3 Å². The van der Waals surface area contributed by atoms with E-state index < -0.39 is 53.3 Å². The summed E-state index contributed by atoms with van der Waals surface area (Å²) in [7, 11) is 0. The van der Waals surface area contributed by atoms with Crippen molar-refractivity contribution in [3.05, 3.63) is 65.6 Å². The summed E-state index contributed by atoms with van der Waals surface area (Å²) in [6.07, 6.45) is -6.61. The van der Waals surface area contributed by atoms with Crippen LogP contribution in [0.15, 0.2) is 48.8 Å². The van der Waals surface area contributed by atoms with Gasteiger partial charge in [-0.2, -0.15) is 13.2 Å². The van der Waals surface area contributed by atoms with Crippen LogP contribution in [0.2, 0.25) is 0 Å². The first-order chi connectivity index (χ1) is 20.1. The maximum absolute atomic E-state index is 14.6. The van der Waals surface area contributed by atoms with Crippen LogP contribution in [0.1, 0.15) is 28.5 Å². The number of alkyl halides is 5.